The number of nitrogens with zero attached hydrogens (tertiary/aromatic N) is 1. The third-order valence-corrected chi connectivity index (χ3v) is 2.39. The van der Waals surface area contributed by atoms with Crippen LogP contribution in [-0.2, 0) is 11.4 Å². The Labute approximate surface area is 65.1 Å². The number of hydrogen-bond acceptors (Lipinski definition) is 3. The summed E-state index contributed by atoms with van der Waals surface area (Å²) in [6.07, 6.45) is 2.80. The van der Waals surface area contributed by atoms with Crippen molar-refractivity contribution in [1.82, 2.24) is 9.62 Å². The molecule has 0 aromatic carbocycles. The van der Waals surface area contributed by atoms with Crippen molar-refractivity contribution in [3.63, 3.8) is 0 Å². The van der Waals surface area contributed by atoms with E-state index < -0.39 is 11.4 Å². The average Bonchev–Trinajstić information content (AvgIpc) is 2.13. The Morgan fingerprint density at radius 1 is 1.70 bits per heavy atom. The van der Waals surface area contributed by atoms with Gasteiger partial charge in [0.2, 0.25) is 0 Å². The van der Waals surface area contributed by atoms with Crippen molar-refractivity contribution in [2.24, 2.45) is 0 Å². The van der Waals surface area contributed by atoms with Gasteiger partial charge >= 0.3 is 0 Å². The second-order valence-electron chi connectivity index (χ2n) is 2.82. The van der Waals surface area contributed by atoms with Gasteiger partial charge in [-0.2, -0.15) is 0 Å². The lowest BCUT2D eigenvalue weighted by atomic mass is 10.3. The maximum absolute atomic E-state index is 10.7. The van der Waals surface area contributed by atoms with E-state index in [0.717, 1.165) is 19.5 Å². The Kier molecular flexibility index (Phi) is 2.97. The standard InChI is InChI=1S/C6H14N2OS/c1-8-4-3-6(5-8)7-10(2)9/h6-7H,3-5H2,1-2H3. The first-order valence-corrected chi connectivity index (χ1v) is 5.02. The third-order valence-electron chi connectivity index (χ3n) is 1.72. The number of likely N-dealkylation sites (tertiary alicyclic amines) is 1. The Bertz CT molecular complexity index is 110. The summed E-state index contributed by atoms with van der Waals surface area (Å²) in [6.45, 7) is 2.15. The van der Waals surface area contributed by atoms with E-state index in [2.05, 4.69) is 16.7 Å². The van der Waals surface area contributed by atoms with Crippen molar-refractivity contribution < 1.29 is 4.55 Å². The van der Waals surface area contributed by atoms with E-state index in [9.17, 15) is 4.55 Å². The SMILES string of the molecule is CN1CCC(N[S+](C)[O-])C1. The average molecular weight is 162 g/mol. The zero-order valence-electron chi connectivity index (χ0n) is 6.46. The third kappa shape index (κ3) is 2.46. The van der Waals surface area contributed by atoms with Crippen LogP contribution in [0.2, 0.25) is 0 Å². The largest absolute Gasteiger partial charge is 0.598 e. The van der Waals surface area contributed by atoms with Gasteiger partial charge in [-0.15, -0.1) is 4.72 Å². The summed E-state index contributed by atoms with van der Waals surface area (Å²) in [5.41, 5.74) is 0. The summed E-state index contributed by atoms with van der Waals surface area (Å²) >= 11 is -0.847. The van der Waals surface area contributed by atoms with Crippen molar-refractivity contribution in [2.45, 2.75) is 12.5 Å². The first kappa shape index (κ1) is 8.33. The summed E-state index contributed by atoms with van der Waals surface area (Å²) in [6, 6.07) is 0.441. The highest BCUT2D eigenvalue weighted by Gasteiger charge is 2.21. The van der Waals surface area contributed by atoms with E-state index in [4.69, 9.17) is 0 Å². The van der Waals surface area contributed by atoms with Crippen molar-refractivity contribution in [2.75, 3.05) is 26.4 Å². The molecule has 0 saturated carbocycles. The smallest absolute Gasteiger partial charge is 0.115 e. The molecule has 0 aliphatic carbocycles. The molecule has 0 bridgehead atoms. The molecule has 1 N–H and O–H groups in total. The predicted octanol–water partition coefficient (Wildman–Crippen LogP) is -0.426. The number of likely N-dealkylation sites (N-methyl/N-ethyl adjacent to an activating group) is 1. The molecular weight excluding hydrogens is 148 g/mol. The fourth-order valence-corrected chi connectivity index (χ4v) is 1.93. The molecule has 1 aliphatic heterocycles. The zero-order chi connectivity index (χ0) is 7.56. The first-order chi connectivity index (χ1) is 4.68. The monoisotopic (exact) mass is 162 g/mol. The first-order valence-electron chi connectivity index (χ1n) is 3.46. The van der Waals surface area contributed by atoms with Gasteiger partial charge in [0, 0.05) is 17.9 Å². The van der Waals surface area contributed by atoms with Gasteiger partial charge in [-0.3, -0.25) is 0 Å². The van der Waals surface area contributed by atoms with Crippen LogP contribution in [0.3, 0.4) is 0 Å². The number of nitrogens with one attached hydrogen (secondary N) is 1. The van der Waals surface area contributed by atoms with Crippen molar-refractivity contribution in [3.05, 3.63) is 0 Å². The Hall–Kier alpha value is 0.230. The number of rotatable bonds is 2. The van der Waals surface area contributed by atoms with Gasteiger partial charge < -0.3 is 9.45 Å². The summed E-state index contributed by atoms with van der Waals surface area (Å²) < 4.78 is 13.7. The molecule has 2 atom stereocenters. The fraction of sp³-hybridized carbons (Fsp3) is 1.00. The van der Waals surface area contributed by atoms with E-state index in [1.54, 1.807) is 6.26 Å². The zero-order valence-corrected chi connectivity index (χ0v) is 7.28. The van der Waals surface area contributed by atoms with Gasteiger partial charge in [-0.05, 0) is 20.0 Å². The van der Waals surface area contributed by atoms with Crippen LogP contribution >= 0.6 is 0 Å². The van der Waals surface area contributed by atoms with Crippen molar-refractivity contribution in [3.8, 4) is 0 Å². The minimum absolute atomic E-state index is 0.441. The Morgan fingerprint density at radius 3 is 2.80 bits per heavy atom. The summed E-state index contributed by atoms with van der Waals surface area (Å²) in [4.78, 5) is 2.24. The molecule has 1 fully saturated rings. The Morgan fingerprint density at radius 2 is 2.40 bits per heavy atom. The highest BCUT2D eigenvalue weighted by Crippen LogP contribution is 2.06. The lowest BCUT2D eigenvalue weighted by Gasteiger charge is -2.12. The van der Waals surface area contributed by atoms with Crippen LogP contribution in [-0.4, -0.2) is 41.9 Å². The maximum atomic E-state index is 10.7. The van der Waals surface area contributed by atoms with Gasteiger partial charge in [0.25, 0.3) is 0 Å². The molecule has 60 valence electrons. The molecule has 1 rings (SSSR count). The van der Waals surface area contributed by atoms with Gasteiger partial charge in [0.1, 0.15) is 6.26 Å². The quantitative estimate of drug-likeness (QED) is 0.560. The molecular formula is C6H14N2OS. The van der Waals surface area contributed by atoms with Crippen LogP contribution in [0.4, 0.5) is 0 Å². The van der Waals surface area contributed by atoms with Crippen LogP contribution < -0.4 is 4.72 Å². The molecule has 2 unspecified atom stereocenters. The lowest BCUT2D eigenvalue weighted by molar-refractivity contribution is 0.407. The van der Waals surface area contributed by atoms with Gasteiger partial charge in [-0.1, -0.05) is 0 Å². The molecule has 1 aliphatic rings. The lowest BCUT2D eigenvalue weighted by Crippen LogP contribution is -2.35. The molecule has 0 aromatic heterocycles. The van der Waals surface area contributed by atoms with E-state index in [1.165, 1.54) is 0 Å². The van der Waals surface area contributed by atoms with Crippen LogP contribution in [0.15, 0.2) is 0 Å². The van der Waals surface area contributed by atoms with Gasteiger partial charge in [0.15, 0.2) is 0 Å². The molecule has 10 heavy (non-hydrogen) atoms. The molecule has 1 saturated heterocycles. The van der Waals surface area contributed by atoms with Crippen LogP contribution in [0.25, 0.3) is 0 Å². The Balaban J connectivity index is 2.18. The fourth-order valence-electron chi connectivity index (χ4n) is 1.27. The van der Waals surface area contributed by atoms with Crippen molar-refractivity contribution >= 4 is 11.4 Å². The molecule has 0 spiro atoms. The number of hydrogen-bond donors (Lipinski definition) is 1. The normalized spacial score (nSPS) is 30.9. The second-order valence-corrected chi connectivity index (χ2v) is 3.96. The van der Waals surface area contributed by atoms with E-state index in [0.29, 0.717) is 6.04 Å². The molecule has 1 heterocycles. The van der Waals surface area contributed by atoms with E-state index >= 15 is 0 Å². The van der Waals surface area contributed by atoms with Gasteiger partial charge in [0.05, 0.1) is 6.04 Å². The summed E-state index contributed by atoms with van der Waals surface area (Å²) in [7, 11) is 2.08. The predicted molar refractivity (Wildman–Crippen MR) is 43.1 cm³/mol. The van der Waals surface area contributed by atoms with Crippen LogP contribution in [0.1, 0.15) is 6.42 Å². The molecule has 0 amide bonds. The van der Waals surface area contributed by atoms with E-state index in [-0.39, 0.29) is 0 Å². The van der Waals surface area contributed by atoms with Gasteiger partial charge in [-0.25, -0.2) is 0 Å². The highest BCUT2D eigenvalue weighted by molar-refractivity contribution is 7.88. The molecule has 0 radical (unpaired) electrons. The highest BCUT2D eigenvalue weighted by atomic mass is 32.2. The second kappa shape index (κ2) is 3.57. The van der Waals surface area contributed by atoms with Crippen molar-refractivity contribution in [1.29, 1.82) is 0 Å². The summed E-state index contributed by atoms with van der Waals surface area (Å²) in [5.74, 6) is 0. The van der Waals surface area contributed by atoms with Crippen LogP contribution in [0.5, 0.6) is 0 Å². The molecule has 0 aromatic rings. The summed E-state index contributed by atoms with van der Waals surface area (Å²) in [5, 5.41) is 0. The van der Waals surface area contributed by atoms with E-state index in [1.807, 2.05) is 0 Å². The van der Waals surface area contributed by atoms with Crippen LogP contribution in [0, 0.1) is 0 Å². The topological polar surface area (TPSA) is 38.3 Å². The minimum Gasteiger partial charge on any atom is -0.598 e. The molecule has 3 nitrogen and oxygen atoms in total. The maximum Gasteiger partial charge on any atom is 0.115 e. The minimum atomic E-state index is -0.847. The molecule has 4 heteroatoms.